The number of hydrogen-bond acceptors (Lipinski definition) is 5. The molecule has 45 heavy (non-hydrogen) atoms. The number of anilines is 3. The van der Waals surface area contributed by atoms with E-state index < -0.39 is 11.7 Å². The van der Waals surface area contributed by atoms with Crippen molar-refractivity contribution < 1.29 is 22.6 Å². The molecule has 1 aliphatic heterocycles. The van der Waals surface area contributed by atoms with E-state index in [9.17, 15) is 13.2 Å². The maximum atomic E-state index is 13.4. The van der Waals surface area contributed by atoms with E-state index in [2.05, 4.69) is 41.3 Å². The van der Waals surface area contributed by atoms with Gasteiger partial charge in [0.05, 0.1) is 48.1 Å². The fraction of sp³-hybridized carbons (Fsp3) is 0.108. The monoisotopic (exact) mass is 620 g/mol. The maximum Gasteiger partial charge on any atom is 0.416 e. The number of halogens is 3. The lowest BCUT2D eigenvalue weighted by atomic mass is 9.94. The number of aryl methyl sites for hydroxylation is 1. The number of alkyl halides is 3. The topological polar surface area (TPSA) is 34.6 Å². The quantitative estimate of drug-likeness (QED) is 0.191. The van der Waals surface area contributed by atoms with Crippen LogP contribution in [-0.4, -0.2) is 19.2 Å². The molecule has 0 bridgehead atoms. The van der Waals surface area contributed by atoms with Crippen LogP contribution in [0.25, 0.3) is 33.3 Å². The Hall–Kier alpha value is -4.95. The number of pyridine rings is 1. The lowest BCUT2D eigenvalue weighted by Gasteiger charge is -2.33. The highest BCUT2D eigenvalue weighted by Crippen LogP contribution is 2.53. The molecule has 2 heterocycles. The van der Waals surface area contributed by atoms with Crippen molar-refractivity contribution in [1.29, 1.82) is 0 Å². The van der Waals surface area contributed by atoms with Crippen molar-refractivity contribution in [2.45, 2.75) is 22.9 Å². The minimum absolute atomic E-state index is 0.556. The maximum absolute atomic E-state index is 13.4. The van der Waals surface area contributed by atoms with Crippen molar-refractivity contribution in [3.05, 3.63) is 120 Å². The van der Waals surface area contributed by atoms with E-state index in [4.69, 9.17) is 14.5 Å². The summed E-state index contributed by atoms with van der Waals surface area (Å²) in [5.41, 5.74) is 6.84. The summed E-state index contributed by atoms with van der Waals surface area (Å²) in [4.78, 5) is 9.65. The minimum Gasteiger partial charge on any atom is -0.493 e. The Morgan fingerprint density at radius 1 is 0.667 bits per heavy atom. The van der Waals surface area contributed by atoms with Crippen LogP contribution in [0.5, 0.6) is 11.5 Å². The highest BCUT2D eigenvalue weighted by atomic mass is 32.2. The third-order valence-corrected chi connectivity index (χ3v) is 9.15. The molecular weight excluding hydrogens is 593 g/mol. The molecule has 0 atom stereocenters. The summed E-state index contributed by atoms with van der Waals surface area (Å²) >= 11 is 1.72. The number of benzene rings is 5. The molecule has 0 aliphatic carbocycles. The molecule has 1 aliphatic rings. The van der Waals surface area contributed by atoms with Gasteiger partial charge in [0.15, 0.2) is 11.5 Å². The average molecular weight is 621 g/mol. The standard InChI is InChI=1S/C37H27F3N2O2S/c1-22-12-18-30(42-28-8-4-6-10-33(28)45-34-11-7-5-9-29(34)42)36-35(22)26(24-15-19-31(43-2)32(20-24)44-3)21-27(41-36)23-13-16-25(17-14-23)37(38,39)40/h4-21H,1-3H3. The Morgan fingerprint density at radius 3 is 1.91 bits per heavy atom. The number of nitrogens with zero attached hydrogens (tertiary/aromatic N) is 2. The second kappa shape index (κ2) is 11.2. The first-order valence-corrected chi connectivity index (χ1v) is 15.1. The first kappa shape index (κ1) is 28.8. The summed E-state index contributed by atoms with van der Waals surface area (Å²) in [7, 11) is 3.18. The third kappa shape index (κ3) is 5.05. The summed E-state index contributed by atoms with van der Waals surface area (Å²) in [5, 5.41) is 0.934. The Labute approximate surface area is 263 Å². The highest BCUT2D eigenvalue weighted by Gasteiger charge is 2.30. The van der Waals surface area contributed by atoms with E-state index in [0.29, 0.717) is 22.8 Å². The molecule has 5 aromatic carbocycles. The Balaban J connectivity index is 1.54. The molecule has 0 fully saturated rings. The van der Waals surface area contributed by atoms with Crippen LogP contribution < -0.4 is 14.4 Å². The largest absolute Gasteiger partial charge is 0.493 e. The fourth-order valence-corrected chi connectivity index (χ4v) is 6.91. The molecule has 1 aromatic heterocycles. The zero-order valence-electron chi connectivity index (χ0n) is 24.6. The molecular formula is C37H27F3N2O2S. The van der Waals surface area contributed by atoms with Crippen LogP contribution in [0.2, 0.25) is 0 Å². The molecule has 0 saturated carbocycles. The highest BCUT2D eigenvalue weighted by molar-refractivity contribution is 7.99. The molecule has 0 spiro atoms. The van der Waals surface area contributed by atoms with Crippen LogP contribution in [0.3, 0.4) is 0 Å². The average Bonchev–Trinajstić information content (AvgIpc) is 3.06. The lowest BCUT2D eigenvalue weighted by molar-refractivity contribution is -0.137. The SMILES string of the molecule is COc1ccc(-c2cc(-c3ccc(C(F)(F)F)cc3)nc3c(N4c5ccccc5Sc5ccccc54)ccc(C)c23)cc1OC. The fourth-order valence-electron chi connectivity index (χ4n) is 5.85. The van der Waals surface area contributed by atoms with Crippen LogP contribution in [0.15, 0.2) is 119 Å². The third-order valence-electron chi connectivity index (χ3n) is 8.02. The van der Waals surface area contributed by atoms with Crippen LogP contribution in [0.4, 0.5) is 30.2 Å². The van der Waals surface area contributed by atoms with E-state index in [0.717, 1.165) is 66.6 Å². The van der Waals surface area contributed by atoms with Crippen molar-refractivity contribution in [3.8, 4) is 33.9 Å². The van der Waals surface area contributed by atoms with Gasteiger partial charge in [0, 0.05) is 20.7 Å². The molecule has 8 heteroatoms. The van der Waals surface area contributed by atoms with Crippen molar-refractivity contribution >= 4 is 39.7 Å². The summed E-state index contributed by atoms with van der Waals surface area (Å²) in [6, 6.07) is 33.5. The van der Waals surface area contributed by atoms with Gasteiger partial charge in [-0.25, -0.2) is 4.98 Å². The van der Waals surface area contributed by atoms with Gasteiger partial charge in [-0.15, -0.1) is 0 Å². The Bertz CT molecular complexity index is 2030. The molecule has 0 radical (unpaired) electrons. The predicted molar refractivity (Wildman–Crippen MR) is 174 cm³/mol. The number of fused-ring (bicyclic) bond motifs is 3. The van der Waals surface area contributed by atoms with E-state index in [1.54, 1.807) is 26.0 Å². The minimum atomic E-state index is -4.43. The van der Waals surface area contributed by atoms with Crippen LogP contribution in [0.1, 0.15) is 11.1 Å². The van der Waals surface area contributed by atoms with Gasteiger partial charge < -0.3 is 14.4 Å². The summed E-state index contributed by atoms with van der Waals surface area (Å²) in [5.74, 6) is 1.17. The van der Waals surface area contributed by atoms with E-state index >= 15 is 0 Å². The first-order chi connectivity index (χ1) is 21.8. The molecule has 7 rings (SSSR count). The van der Waals surface area contributed by atoms with Gasteiger partial charge in [-0.1, -0.05) is 60.3 Å². The van der Waals surface area contributed by atoms with Crippen molar-refractivity contribution in [2.24, 2.45) is 0 Å². The van der Waals surface area contributed by atoms with Crippen LogP contribution in [-0.2, 0) is 6.18 Å². The van der Waals surface area contributed by atoms with Crippen molar-refractivity contribution in [1.82, 2.24) is 4.98 Å². The van der Waals surface area contributed by atoms with Gasteiger partial charge in [0.25, 0.3) is 0 Å². The van der Waals surface area contributed by atoms with Crippen LogP contribution in [0, 0.1) is 6.92 Å². The number of aromatic nitrogens is 1. The van der Waals surface area contributed by atoms with Gasteiger partial charge in [0.2, 0.25) is 0 Å². The molecule has 224 valence electrons. The van der Waals surface area contributed by atoms with E-state index in [1.165, 1.54) is 12.1 Å². The number of para-hydroxylation sites is 2. The normalized spacial score (nSPS) is 12.5. The van der Waals surface area contributed by atoms with E-state index in [-0.39, 0.29) is 0 Å². The lowest BCUT2D eigenvalue weighted by Crippen LogP contribution is -2.15. The molecule has 0 amide bonds. The van der Waals surface area contributed by atoms with Crippen LogP contribution >= 0.6 is 11.8 Å². The molecule has 6 aromatic rings. The second-order valence-electron chi connectivity index (χ2n) is 10.7. The molecule has 0 unspecified atom stereocenters. The van der Waals surface area contributed by atoms with Gasteiger partial charge in [-0.05, 0) is 84.3 Å². The van der Waals surface area contributed by atoms with Gasteiger partial charge in [0.1, 0.15) is 0 Å². The number of methoxy groups -OCH3 is 2. The molecule has 0 saturated heterocycles. The first-order valence-electron chi connectivity index (χ1n) is 14.3. The Morgan fingerprint density at radius 2 is 1.29 bits per heavy atom. The predicted octanol–water partition coefficient (Wildman–Crippen LogP) is 10.8. The zero-order valence-corrected chi connectivity index (χ0v) is 25.5. The number of rotatable bonds is 5. The van der Waals surface area contributed by atoms with Gasteiger partial charge >= 0.3 is 6.18 Å². The molecule has 4 nitrogen and oxygen atoms in total. The summed E-state index contributed by atoms with van der Waals surface area (Å²) in [6.45, 7) is 2.05. The number of ether oxygens (including phenoxy) is 2. The van der Waals surface area contributed by atoms with Gasteiger partial charge in [-0.2, -0.15) is 13.2 Å². The Kier molecular flexibility index (Phi) is 7.17. The molecule has 0 N–H and O–H groups in total. The smallest absolute Gasteiger partial charge is 0.416 e. The van der Waals surface area contributed by atoms with Crippen molar-refractivity contribution in [3.63, 3.8) is 0 Å². The van der Waals surface area contributed by atoms with E-state index in [1.807, 2.05) is 55.5 Å². The summed E-state index contributed by atoms with van der Waals surface area (Å²) in [6.07, 6.45) is -4.43. The zero-order chi connectivity index (χ0) is 31.3. The number of hydrogen-bond donors (Lipinski definition) is 0. The second-order valence-corrected chi connectivity index (χ2v) is 11.8. The van der Waals surface area contributed by atoms with Gasteiger partial charge in [-0.3, -0.25) is 0 Å². The summed E-state index contributed by atoms with van der Waals surface area (Å²) < 4.78 is 51.5. The van der Waals surface area contributed by atoms with Crippen molar-refractivity contribution in [2.75, 3.05) is 19.1 Å².